The van der Waals surface area contributed by atoms with Crippen molar-refractivity contribution >= 4 is 40.0 Å². The first-order valence-corrected chi connectivity index (χ1v) is 14.1. The number of likely N-dealkylation sites (tertiary alicyclic amines) is 1. The summed E-state index contributed by atoms with van der Waals surface area (Å²) < 4.78 is 10.7. The summed E-state index contributed by atoms with van der Waals surface area (Å²) in [6.45, 7) is 3.05. The summed E-state index contributed by atoms with van der Waals surface area (Å²) in [4.78, 5) is 49.8. The lowest BCUT2D eigenvalue weighted by Gasteiger charge is -2.31. The Bertz CT molecular complexity index is 1520. The Morgan fingerprint density at radius 2 is 1.75 bits per heavy atom. The molecule has 40 heavy (non-hydrogen) atoms. The molecule has 1 aliphatic rings. The van der Waals surface area contributed by atoms with Crippen LogP contribution in [-0.4, -0.2) is 59.5 Å². The second kappa shape index (κ2) is 12.3. The van der Waals surface area contributed by atoms with Crippen LogP contribution >= 0.6 is 11.3 Å². The van der Waals surface area contributed by atoms with E-state index in [0.717, 1.165) is 23.2 Å². The third-order valence-corrected chi connectivity index (χ3v) is 7.94. The minimum Gasteiger partial charge on any atom is -0.496 e. The Labute approximate surface area is 236 Å². The van der Waals surface area contributed by atoms with Crippen LogP contribution in [0.2, 0.25) is 0 Å². The number of fused-ring (bicyclic) bond motifs is 1. The Morgan fingerprint density at radius 3 is 2.48 bits per heavy atom. The number of benzene rings is 2. The fourth-order valence-corrected chi connectivity index (χ4v) is 5.82. The molecule has 0 bridgehead atoms. The number of carbonyl (C=O) groups is 3. The molecule has 2 aromatic heterocycles. The van der Waals surface area contributed by atoms with Gasteiger partial charge in [-0.1, -0.05) is 42.5 Å². The van der Waals surface area contributed by atoms with Gasteiger partial charge in [0.25, 0.3) is 11.8 Å². The van der Waals surface area contributed by atoms with Gasteiger partial charge < -0.3 is 19.7 Å². The maximum atomic E-state index is 13.3. The molecule has 5 rings (SSSR count). The molecule has 0 saturated carbocycles. The van der Waals surface area contributed by atoms with Gasteiger partial charge in [0.05, 0.1) is 24.2 Å². The van der Waals surface area contributed by atoms with Crippen LogP contribution in [0.3, 0.4) is 0 Å². The number of rotatable bonds is 8. The average Bonchev–Trinajstić information content (AvgIpc) is 3.50. The minimum absolute atomic E-state index is 0.129. The van der Waals surface area contributed by atoms with Gasteiger partial charge in [0.15, 0.2) is 6.04 Å². The zero-order valence-electron chi connectivity index (χ0n) is 22.3. The Kier molecular flexibility index (Phi) is 8.35. The molecule has 0 aliphatic carbocycles. The van der Waals surface area contributed by atoms with E-state index in [9.17, 15) is 14.4 Å². The molecule has 10 heteroatoms. The quantitative estimate of drug-likeness (QED) is 0.311. The number of thiazole rings is 1. The zero-order chi connectivity index (χ0) is 28.1. The van der Waals surface area contributed by atoms with Crippen molar-refractivity contribution in [3.8, 4) is 5.75 Å². The van der Waals surface area contributed by atoms with E-state index in [1.807, 2.05) is 30.3 Å². The maximum absolute atomic E-state index is 13.3. The number of pyridine rings is 1. The minimum atomic E-state index is -0.921. The molecule has 0 radical (unpaired) electrons. The van der Waals surface area contributed by atoms with Gasteiger partial charge in [0.2, 0.25) is 0 Å². The molecule has 0 spiro atoms. The van der Waals surface area contributed by atoms with Crippen molar-refractivity contribution in [2.24, 2.45) is 0 Å². The van der Waals surface area contributed by atoms with E-state index in [0.29, 0.717) is 35.6 Å². The number of para-hydroxylation sites is 1. The summed E-state index contributed by atoms with van der Waals surface area (Å²) in [6, 6.07) is 17.3. The molecule has 4 aromatic rings. The van der Waals surface area contributed by atoms with E-state index in [1.165, 1.54) is 11.3 Å². The maximum Gasteiger partial charge on any atom is 0.333 e. The highest BCUT2D eigenvalue weighted by atomic mass is 32.1. The largest absolute Gasteiger partial charge is 0.496 e. The Hall–Kier alpha value is -4.31. The summed E-state index contributed by atoms with van der Waals surface area (Å²) in [6.07, 6.45) is 1.45. The number of esters is 1. The number of hydrogen-bond donors (Lipinski definition) is 1. The number of carbonyl (C=O) groups excluding carboxylic acids is 3. The van der Waals surface area contributed by atoms with Crippen LogP contribution in [0.4, 0.5) is 0 Å². The molecule has 2 aromatic carbocycles. The van der Waals surface area contributed by atoms with Gasteiger partial charge in [-0.2, -0.15) is 0 Å². The SMILES string of the molecule is CCOC(=O)C(NC(=O)c1csc(C2CCN(C(=O)c3cc(OC)c4ccccc4n3)CC2)n1)c1ccccc1. The van der Waals surface area contributed by atoms with E-state index in [4.69, 9.17) is 9.47 Å². The summed E-state index contributed by atoms with van der Waals surface area (Å²) in [5.74, 6) is -0.339. The van der Waals surface area contributed by atoms with Crippen LogP contribution < -0.4 is 10.1 Å². The highest BCUT2D eigenvalue weighted by Gasteiger charge is 2.29. The van der Waals surface area contributed by atoms with Crippen LogP contribution in [0.1, 0.15) is 63.3 Å². The molecule has 1 saturated heterocycles. The first-order valence-electron chi connectivity index (χ1n) is 13.2. The van der Waals surface area contributed by atoms with Crippen molar-refractivity contribution in [3.05, 3.63) is 88.0 Å². The lowest BCUT2D eigenvalue weighted by molar-refractivity contribution is -0.145. The molecule has 1 aliphatic heterocycles. The van der Waals surface area contributed by atoms with Gasteiger partial charge >= 0.3 is 5.97 Å². The second-order valence-electron chi connectivity index (χ2n) is 9.43. The Morgan fingerprint density at radius 1 is 1.02 bits per heavy atom. The van der Waals surface area contributed by atoms with Gasteiger partial charge in [-0.15, -0.1) is 11.3 Å². The highest BCUT2D eigenvalue weighted by Crippen LogP contribution is 2.32. The van der Waals surface area contributed by atoms with Gasteiger partial charge in [0, 0.05) is 35.8 Å². The fourth-order valence-electron chi connectivity index (χ4n) is 4.85. The number of ether oxygens (including phenoxy) is 2. The summed E-state index contributed by atoms with van der Waals surface area (Å²) in [5, 5.41) is 6.19. The molecule has 9 nitrogen and oxygen atoms in total. The molecule has 3 heterocycles. The number of methoxy groups -OCH3 is 1. The molecule has 1 fully saturated rings. The molecule has 1 N–H and O–H groups in total. The summed E-state index contributed by atoms with van der Waals surface area (Å²) in [7, 11) is 1.59. The van der Waals surface area contributed by atoms with E-state index in [-0.39, 0.29) is 24.1 Å². The van der Waals surface area contributed by atoms with Gasteiger partial charge in [0.1, 0.15) is 17.1 Å². The van der Waals surface area contributed by atoms with Crippen LogP contribution in [0, 0.1) is 0 Å². The van der Waals surface area contributed by atoms with Crippen LogP contribution in [-0.2, 0) is 9.53 Å². The van der Waals surface area contributed by atoms with Gasteiger partial charge in [-0.3, -0.25) is 9.59 Å². The van der Waals surface area contributed by atoms with Crippen LogP contribution in [0.5, 0.6) is 5.75 Å². The Balaban J connectivity index is 1.23. The summed E-state index contributed by atoms with van der Waals surface area (Å²) in [5.41, 5.74) is 1.97. The topological polar surface area (TPSA) is 111 Å². The molecular formula is C30H30N4O5S. The predicted octanol–water partition coefficient (Wildman–Crippen LogP) is 4.75. The third-order valence-electron chi connectivity index (χ3n) is 6.93. The number of nitrogens with one attached hydrogen (secondary N) is 1. The predicted molar refractivity (Wildman–Crippen MR) is 152 cm³/mol. The van der Waals surface area contributed by atoms with E-state index in [2.05, 4.69) is 15.3 Å². The number of piperidine rings is 1. The van der Waals surface area contributed by atoms with Crippen molar-refractivity contribution in [1.29, 1.82) is 0 Å². The van der Waals surface area contributed by atoms with Crippen molar-refractivity contribution < 1.29 is 23.9 Å². The molecular weight excluding hydrogens is 528 g/mol. The molecule has 206 valence electrons. The van der Waals surface area contributed by atoms with Crippen molar-refractivity contribution in [1.82, 2.24) is 20.2 Å². The van der Waals surface area contributed by atoms with E-state index >= 15 is 0 Å². The average molecular weight is 559 g/mol. The van der Waals surface area contributed by atoms with Crippen LogP contribution in [0.25, 0.3) is 10.9 Å². The normalized spacial score (nSPS) is 14.5. The third kappa shape index (κ3) is 5.81. The van der Waals surface area contributed by atoms with Crippen LogP contribution in [0.15, 0.2) is 66.0 Å². The van der Waals surface area contributed by atoms with Crippen molar-refractivity contribution in [2.75, 3.05) is 26.8 Å². The standard InChI is InChI=1S/C30H30N4O5S/c1-3-39-30(37)26(19-9-5-4-6-10-19)33-27(35)24-18-40-28(32-24)20-13-15-34(16-14-20)29(36)23-17-25(38-2)21-11-7-8-12-22(21)31-23/h4-12,17-18,20,26H,3,13-16H2,1-2H3,(H,33,35). The van der Waals surface area contributed by atoms with Crippen molar-refractivity contribution in [2.45, 2.75) is 31.7 Å². The smallest absolute Gasteiger partial charge is 0.333 e. The fraction of sp³-hybridized carbons (Fsp3) is 0.300. The molecule has 2 amide bonds. The van der Waals surface area contributed by atoms with Gasteiger partial charge in [-0.25, -0.2) is 14.8 Å². The first-order chi connectivity index (χ1) is 19.5. The lowest BCUT2D eigenvalue weighted by atomic mass is 9.97. The zero-order valence-corrected chi connectivity index (χ0v) is 23.1. The van der Waals surface area contributed by atoms with Crippen molar-refractivity contribution in [3.63, 3.8) is 0 Å². The number of nitrogens with zero attached hydrogens (tertiary/aromatic N) is 3. The summed E-state index contributed by atoms with van der Waals surface area (Å²) >= 11 is 1.42. The second-order valence-corrected chi connectivity index (χ2v) is 10.3. The highest BCUT2D eigenvalue weighted by molar-refractivity contribution is 7.09. The number of amides is 2. The lowest BCUT2D eigenvalue weighted by Crippen LogP contribution is -2.38. The molecule has 1 atom stereocenters. The number of hydrogen-bond acceptors (Lipinski definition) is 8. The molecule has 1 unspecified atom stereocenters. The monoisotopic (exact) mass is 558 g/mol. The number of aromatic nitrogens is 2. The van der Waals surface area contributed by atoms with E-state index < -0.39 is 17.9 Å². The first kappa shape index (κ1) is 27.3. The van der Waals surface area contributed by atoms with E-state index in [1.54, 1.807) is 54.6 Å². The van der Waals surface area contributed by atoms with Gasteiger partial charge in [-0.05, 0) is 37.5 Å².